The molecule has 0 aliphatic heterocycles. The summed E-state index contributed by atoms with van der Waals surface area (Å²) in [7, 11) is 1.81. The molecule has 0 saturated carbocycles. The summed E-state index contributed by atoms with van der Waals surface area (Å²) in [6, 6.07) is 6.13. The van der Waals surface area contributed by atoms with Crippen molar-refractivity contribution in [1.29, 1.82) is 0 Å². The Kier molecular flexibility index (Phi) is 5.48. The summed E-state index contributed by atoms with van der Waals surface area (Å²) in [5.41, 5.74) is 1.04. The molecule has 8 heteroatoms. The predicted molar refractivity (Wildman–Crippen MR) is 87.4 cm³/mol. The van der Waals surface area contributed by atoms with Gasteiger partial charge in [0.15, 0.2) is 0 Å². The third-order valence-electron chi connectivity index (χ3n) is 2.88. The summed E-state index contributed by atoms with van der Waals surface area (Å²) in [5, 5.41) is 17.8. The summed E-state index contributed by atoms with van der Waals surface area (Å²) >= 11 is 7.33. The average molecular weight is 340 g/mol. The molecular formula is C14H14ClN3O3S. The van der Waals surface area contributed by atoms with E-state index in [9.17, 15) is 14.9 Å². The maximum absolute atomic E-state index is 12.0. The van der Waals surface area contributed by atoms with Crippen LogP contribution in [-0.2, 0) is 11.3 Å². The van der Waals surface area contributed by atoms with Gasteiger partial charge in [0.1, 0.15) is 5.69 Å². The van der Waals surface area contributed by atoms with Crippen molar-refractivity contribution in [3.63, 3.8) is 0 Å². The van der Waals surface area contributed by atoms with E-state index in [1.165, 1.54) is 18.2 Å². The van der Waals surface area contributed by atoms with Crippen LogP contribution in [0.5, 0.6) is 0 Å². The van der Waals surface area contributed by atoms with Gasteiger partial charge in [-0.3, -0.25) is 19.8 Å². The second kappa shape index (κ2) is 7.35. The number of carbonyl (C=O) groups is 1. The highest BCUT2D eigenvalue weighted by atomic mass is 35.5. The molecule has 1 amide bonds. The Hall–Kier alpha value is -1.96. The number of halogens is 1. The van der Waals surface area contributed by atoms with E-state index in [4.69, 9.17) is 11.6 Å². The second-order valence-corrected chi connectivity index (χ2v) is 5.99. The third-order valence-corrected chi connectivity index (χ3v) is 3.84. The van der Waals surface area contributed by atoms with Gasteiger partial charge in [0.2, 0.25) is 5.91 Å². The number of amides is 1. The molecule has 0 fully saturated rings. The third kappa shape index (κ3) is 4.52. The van der Waals surface area contributed by atoms with Crippen LogP contribution in [0.1, 0.15) is 5.56 Å². The van der Waals surface area contributed by atoms with E-state index in [1.807, 2.05) is 28.8 Å². The van der Waals surface area contributed by atoms with Gasteiger partial charge in [-0.05, 0) is 41.6 Å². The fraction of sp³-hybridized carbons (Fsp3) is 0.214. The maximum atomic E-state index is 12.0. The molecule has 0 atom stereocenters. The zero-order valence-electron chi connectivity index (χ0n) is 11.8. The lowest BCUT2D eigenvalue weighted by atomic mass is 10.2. The van der Waals surface area contributed by atoms with Crippen LogP contribution in [-0.4, -0.2) is 29.3 Å². The highest BCUT2D eigenvalue weighted by Crippen LogP contribution is 2.27. The summed E-state index contributed by atoms with van der Waals surface area (Å²) < 4.78 is 0. The molecular weight excluding hydrogens is 326 g/mol. The molecule has 0 radical (unpaired) electrons. The van der Waals surface area contributed by atoms with Gasteiger partial charge < -0.3 is 5.32 Å². The fourth-order valence-corrected chi connectivity index (χ4v) is 2.77. The maximum Gasteiger partial charge on any atom is 0.294 e. The van der Waals surface area contributed by atoms with Crippen molar-refractivity contribution >= 4 is 40.2 Å². The van der Waals surface area contributed by atoms with Crippen LogP contribution in [0.25, 0.3) is 0 Å². The first kappa shape index (κ1) is 16.4. The van der Waals surface area contributed by atoms with Crippen LogP contribution in [0.4, 0.5) is 11.4 Å². The molecule has 0 aliphatic rings. The van der Waals surface area contributed by atoms with Gasteiger partial charge in [-0.2, -0.15) is 11.3 Å². The Balaban J connectivity index is 1.98. The standard InChI is InChI=1S/C14H14ClN3O3S/c1-17(7-10-4-5-22-9-10)8-14(19)16-12-3-2-11(15)6-13(12)18(20)21/h2-6,9H,7-8H2,1H3,(H,16,19). The van der Waals surface area contributed by atoms with E-state index in [0.717, 1.165) is 5.56 Å². The molecule has 0 bridgehead atoms. The Bertz CT molecular complexity index is 676. The minimum Gasteiger partial charge on any atom is -0.319 e. The van der Waals surface area contributed by atoms with Crippen LogP contribution in [0.2, 0.25) is 5.02 Å². The number of nitro benzene ring substituents is 1. The van der Waals surface area contributed by atoms with Crippen molar-refractivity contribution in [1.82, 2.24) is 4.90 Å². The van der Waals surface area contributed by atoms with Crippen molar-refractivity contribution in [2.75, 3.05) is 18.9 Å². The number of benzene rings is 1. The van der Waals surface area contributed by atoms with Crippen molar-refractivity contribution in [2.45, 2.75) is 6.54 Å². The van der Waals surface area contributed by atoms with Gasteiger partial charge in [-0.1, -0.05) is 11.6 Å². The number of carbonyl (C=O) groups excluding carboxylic acids is 1. The highest BCUT2D eigenvalue weighted by molar-refractivity contribution is 7.07. The van der Waals surface area contributed by atoms with Crippen molar-refractivity contribution in [3.8, 4) is 0 Å². The second-order valence-electron chi connectivity index (χ2n) is 4.77. The van der Waals surface area contributed by atoms with Crippen LogP contribution in [0.3, 0.4) is 0 Å². The monoisotopic (exact) mass is 339 g/mol. The normalized spacial score (nSPS) is 10.7. The SMILES string of the molecule is CN(CC(=O)Nc1ccc(Cl)cc1[N+](=O)[O-])Cc1ccsc1. The van der Waals surface area contributed by atoms with Crippen molar-refractivity contribution in [2.24, 2.45) is 0 Å². The quantitative estimate of drug-likeness (QED) is 0.646. The van der Waals surface area contributed by atoms with E-state index in [0.29, 0.717) is 6.54 Å². The molecule has 0 saturated heterocycles. The molecule has 0 aliphatic carbocycles. The molecule has 1 heterocycles. The first-order valence-electron chi connectivity index (χ1n) is 6.39. The molecule has 2 rings (SSSR count). The molecule has 2 aromatic rings. The fourth-order valence-electron chi connectivity index (χ4n) is 1.95. The lowest BCUT2D eigenvalue weighted by Gasteiger charge is -2.15. The smallest absolute Gasteiger partial charge is 0.294 e. The summed E-state index contributed by atoms with van der Waals surface area (Å²) in [5.74, 6) is -0.317. The molecule has 1 N–H and O–H groups in total. The largest absolute Gasteiger partial charge is 0.319 e. The van der Waals surface area contributed by atoms with Crippen molar-refractivity contribution < 1.29 is 9.72 Å². The molecule has 6 nitrogen and oxygen atoms in total. The van der Waals surface area contributed by atoms with Crippen LogP contribution < -0.4 is 5.32 Å². The Labute approximate surface area is 136 Å². The van der Waals surface area contributed by atoms with Gasteiger partial charge >= 0.3 is 0 Å². The molecule has 1 aromatic carbocycles. The lowest BCUT2D eigenvalue weighted by molar-refractivity contribution is -0.383. The highest BCUT2D eigenvalue weighted by Gasteiger charge is 2.17. The zero-order valence-corrected chi connectivity index (χ0v) is 13.4. The predicted octanol–water partition coefficient (Wildman–Crippen LogP) is 3.38. The topological polar surface area (TPSA) is 75.5 Å². The number of hydrogen-bond acceptors (Lipinski definition) is 5. The van der Waals surface area contributed by atoms with E-state index in [-0.39, 0.29) is 28.8 Å². The number of hydrogen-bond donors (Lipinski definition) is 1. The van der Waals surface area contributed by atoms with E-state index in [1.54, 1.807) is 11.3 Å². The van der Waals surface area contributed by atoms with Gasteiger partial charge in [0.25, 0.3) is 5.69 Å². The molecule has 0 unspecified atom stereocenters. The van der Waals surface area contributed by atoms with Crippen LogP contribution in [0.15, 0.2) is 35.0 Å². The van der Waals surface area contributed by atoms with Gasteiger partial charge in [0.05, 0.1) is 11.5 Å². The molecule has 1 aromatic heterocycles. The summed E-state index contributed by atoms with van der Waals surface area (Å²) in [6.45, 7) is 0.773. The van der Waals surface area contributed by atoms with Gasteiger partial charge in [-0.15, -0.1) is 0 Å². The number of nitrogens with zero attached hydrogens (tertiary/aromatic N) is 2. The summed E-state index contributed by atoms with van der Waals surface area (Å²) in [6.07, 6.45) is 0. The number of nitrogens with one attached hydrogen (secondary N) is 1. The minimum absolute atomic E-state index is 0.135. The number of rotatable bonds is 6. The van der Waals surface area contributed by atoms with Crippen molar-refractivity contribution in [3.05, 3.63) is 55.7 Å². The summed E-state index contributed by atoms with van der Waals surface area (Å²) in [4.78, 5) is 24.2. The zero-order chi connectivity index (χ0) is 16.1. The lowest BCUT2D eigenvalue weighted by Crippen LogP contribution is -2.29. The Morgan fingerprint density at radius 2 is 2.23 bits per heavy atom. The van der Waals surface area contributed by atoms with Crippen LogP contribution in [0, 0.1) is 10.1 Å². The first-order valence-corrected chi connectivity index (χ1v) is 7.71. The first-order chi connectivity index (χ1) is 10.5. The number of thiophene rings is 1. The average Bonchev–Trinajstić information content (AvgIpc) is 2.93. The van der Waals surface area contributed by atoms with Gasteiger partial charge in [-0.25, -0.2) is 0 Å². The van der Waals surface area contributed by atoms with E-state index >= 15 is 0 Å². The molecule has 116 valence electrons. The minimum atomic E-state index is -0.573. The Morgan fingerprint density at radius 1 is 1.45 bits per heavy atom. The van der Waals surface area contributed by atoms with Gasteiger partial charge in [0, 0.05) is 17.6 Å². The van der Waals surface area contributed by atoms with E-state index in [2.05, 4.69) is 5.32 Å². The number of nitro groups is 1. The van der Waals surface area contributed by atoms with Crippen LogP contribution >= 0.6 is 22.9 Å². The molecule has 0 spiro atoms. The Morgan fingerprint density at radius 3 is 2.86 bits per heavy atom. The van der Waals surface area contributed by atoms with E-state index < -0.39 is 4.92 Å². The number of likely N-dealkylation sites (N-methyl/N-ethyl adjacent to an activating group) is 1. The molecule has 22 heavy (non-hydrogen) atoms. The number of anilines is 1.